The van der Waals surface area contributed by atoms with E-state index in [1.807, 2.05) is 9.80 Å². The van der Waals surface area contributed by atoms with Crippen LogP contribution < -0.4 is 0 Å². The number of likely N-dealkylation sites (tertiary alicyclic amines) is 2. The second-order valence-corrected chi connectivity index (χ2v) is 7.45. The largest absolute Gasteiger partial charge is 0.356 e. The summed E-state index contributed by atoms with van der Waals surface area (Å²) in [6.45, 7) is 2.95. The number of rotatable bonds is 4. The lowest BCUT2D eigenvalue weighted by Gasteiger charge is -2.31. The van der Waals surface area contributed by atoms with Gasteiger partial charge in [0.2, 0.25) is 11.8 Å². The Morgan fingerprint density at radius 1 is 1.04 bits per heavy atom. The Bertz CT molecular complexity index is 836. The van der Waals surface area contributed by atoms with E-state index < -0.39 is 0 Å². The first kappa shape index (κ1) is 17.9. The molecular formula is C20H24FN3O3. The van der Waals surface area contributed by atoms with E-state index in [0.717, 1.165) is 49.9 Å². The molecule has 2 amide bonds. The number of aromatic nitrogens is 1. The van der Waals surface area contributed by atoms with Gasteiger partial charge in [-0.25, -0.2) is 4.39 Å². The van der Waals surface area contributed by atoms with Gasteiger partial charge < -0.3 is 14.3 Å². The van der Waals surface area contributed by atoms with Crippen molar-refractivity contribution in [3.05, 3.63) is 29.7 Å². The second kappa shape index (κ2) is 7.66. The normalized spacial score (nSPS) is 18.4. The van der Waals surface area contributed by atoms with Gasteiger partial charge in [-0.3, -0.25) is 9.59 Å². The van der Waals surface area contributed by atoms with Gasteiger partial charge in [-0.1, -0.05) is 5.16 Å². The number of nitrogens with zero attached hydrogens (tertiary/aromatic N) is 3. The molecule has 6 nitrogen and oxygen atoms in total. The maximum atomic E-state index is 13.3. The summed E-state index contributed by atoms with van der Waals surface area (Å²) in [4.78, 5) is 28.2. The third-order valence-electron chi connectivity index (χ3n) is 5.71. The molecule has 0 aliphatic carbocycles. The van der Waals surface area contributed by atoms with Crippen molar-refractivity contribution >= 4 is 22.8 Å². The predicted octanol–water partition coefficient (Wildman–Crippen LogP) is 3.08. The van der Waals surface area contributed by atoms with Gasteiger partial charge in [-0.05, 0) is 37.8 Å². The van der Waals surface area contributed by atoms with Crippen LogP contribution in [0.1, 0.15) is 50.1 Å². The van der Waals surface area contributed by atoms with Crippen molar-refractivity contribution in [3.63, 3.8) is 0 Å². The van der Waals surface area contributed by atoms with E-state index in [0.29, 0.717) is 25.1 Å². The first-order valence-electron chi connectivity index (χ1n) is 9.72. The van der Waals surface area contributed by atoms with Crippen molar-refractivity contribution in [2.24, 2.45) is 0 Å². The van der Waals surface area contributed by atoms with Crippen molar-refractivity contribution in [2.45, 2.75) is 44.4 Å². The summed E-state index contributed by atoms with van der Waals surface area (Å²) in [6.07, 6.45) is 4.31. The molecule has 27 heavy (non-hydrogen) atoms. The Labute approximate surface area is 157 Å². The molecule has 4 rings (SSSR count). The third-order valence-corrected chi connectivity index (χ3v) is 5.71. The molecule has 3 heterocycles. The van der Waals surface area contributed by atoms with E-state index in [1.54, 1.807) is 6.07 Å². The standard InChI is InChI=1S/C20H24FN3O3/c21-15-3-4-16-17(13-15)27-22-20(16)14-7-11-24(12-8-14)19(26)6-5-18(25)23-9-1-2-10-23/h3-4,13-14H,1-2,5-12H2. The highest BCUT2D eigenvalue weighted by atomic mass is 19.1. The fourth-order valence-corrected chi connectivity index (χ4v) is 4.12. The predicted molar refractivity (Wildman–Crippen MR) is 97.6 cm³/mol. The summed E-state index contributed by atoms with van der Waals surface area (Å²) in [7, 11) is 0. The SMILES string of the molecule is O=C(CCC(=O)N1CCC(c2noc3cc(F)ccc23)CC1)N1CCCC1. The molecule has 0 saturated carbocycles. The molecule has 2 fully saturated rings. The Kier molecular flexibility index (Phi) is 5.09. The van der Waals surface area contributed by atoms with E-state index in [-0.39, 0.29) is 30.0 Å². The highest BCUT2D eigenvalue weighted by Crippen LogP contribution is 2.33. The van der Waals surface area contributed by atoms with Gasteiger partial charge in [-0.15, -0.1) is 0 Å². The van der Waals surface area contributed by atoms with Crippen LogP contribution in [-0.4, -0.2) is 52.9 Å². The van der Waals surface area contributed by atoms with E-state index >= 15 is 0 Å². The smallest absolute Gasteiger partial charge is 0.223 e. The molecule has 7 heteroatoms. The van der Waals surface area contributed by atoms with Crippen LogP contribution in [0.25, 0.3) is 11.0 Å². The minimum atomic E-state index is -0.339. The maximum absolute atomic E-state index is 13.3. The fraction of sp³-hybridized carbons (Fsp3) is 0.550. The summed E-state index contributed by atoms with van der Waals surface area (Å²) in [5.41, 5.74) is 1.31. The molecular weight excluding hydrogens is 349 g/mol. The van der Waals surface area contributed by atoms with Gasteiger partial charge in [0.1, 0.15) is 5.82 Å². The molecule has 0 radical (unpaired) electrons. The number of benzene rings is 1. The fourth-order valence-electron chi connectivity index (χ4n) is 4.12. The van der Waals surface area contributed by atoms with Gasteiger partial charge in [0.05, 0.1) is 5.69 Å². The Balaban J connectivity index is 1.30. The number of carbonyl (C=O) groups is 2. The monoisotopic (exact) mass is 373 g/mol. The van der Waals surface area contributed by atoms with Crippen LogP contribution in [0, 0.1) is 5.82 Å². The highest BCUT2D eigenvalue weighted by Gasteiger charge is 2.28. The van der Waals surface area contributed by atoms with Gasteiger partial charge in [0.15, 0.2) is 5.58 Å². The van der Waals surface area contributed by atoms with E-state index in [4.69, 9.17) is 4.52 Å². The zero-order chi connectivity index (χ0) is 18.8. The van der Waals surface area contributed by atoms with E-state index in [1.165, 1.54) is 12.1 Å². The number of fused-ring (bicyclic) bond motifs is 1. The van der Waals surface area contributed by atoms with Crippen LogP contribution in [0.2, 0.25) is 0 Å². The summed E-state index contributed by atoms with van der Waals surface area (Å²) in [5, 5.41) is 4.98. The van der Waals surface area contributed by atoms with Crippen molar-refractivity contribution in [3.8, 4) is 0 Å². The minimum Gasteiger partial charge on any atom is -0.356 e. The Morgan fingerprint density at radius 3 is 2.33 bits per heavy atom. The average molecular weight is 373 g/mol. The first-order valence-corrected chi connectivity index (χ1v) is 9.72. The molecule has 0 atom stereocenters. The zero-order valence-corrected chi connectivity index (χ0v) is 15.3. The average Bonchev–Trinajstić information content (AvgIpc) is 3.35. The lowest BCUT2D eigenvalue weighted by Crippen LogP contribution is -2.38. The molecule has 2 aromatic rings. The Hall–Kier alpha value is -2.44. The quantitative estimate of drug-likeness (QED) is 0.826. The van der Waals surface area contributed by atoms with Gasteiger partial charge >= 0.3 is 0 Å². The second-order valence-electron chi connectivity index (χ2n) is 7.45. The van der Waals surface area contributed by atoms with E-state index in [2.05, 4.69) is 5.16 Å². The van der Waals surface area contributed by atoms with Crippen LogP contribution in [0.3, 0.4) is 0 Å². The molecule has 0 spiro atoms. The maximum Gasteiger partial charge on any atom is 0.223 e. The third kappa shape index (κ3) is 3.82. The Morgan fingerprint density at radius 2 is 1.67 bits per heavy atom. The molecule has 2 aliphatic heterocycles. The topological polar surface area (TPSA) is 66.7 Å². The molecule has 2 saturated heterocycles. The highest BCUT2D eigenvalue weighted by molar-refractivity contribution is 5.84. The van der Waals surface area contributed by atoms with Gasteiger partial charge in [0.25, 0.3) is 0 Å². The summed E-state index contributed by atoms with van der Waals surface area (Å²) in [5.74, 6) is 0.00574. The number of amides is 2. The molecule has 2 aliphatic rings. The first-order chi connectivity index (χ1) is 13.1. The van der Waals surface area contributed by atoms with Crippen LogP contribution in [0.4, 0.5) is 4.39 Å². The molecule has 0 bridgehead atoms. The molecule has 0 N–H and O–H groups in total. The lowest BCUT2D eigenvalue weighted by atomic mass is 9.91. The van der Waals surface area contributed by atoms with Crippen LogP contribution in [-0.2, 0) is 9.59 Å². The van der Waals surface area contributed by atoms with Crippen molar-refractivity contribution in [1.82, 2.24) is 15.0 Å². The molecule has 1 aromatic heterocycles. The number of hydrogen-bond acceptors (Lipinski definition) is 4. The lowest BCUT2D eigenvalue weighted by molar-refractivity contribution is -0.137. The van der Waals surface area contributed by atoms with Crippen molar-refractivity contribution in [1.29, 1.82) is 0 Å². The minimum absolute atomic E-state index is 0.0491. The summed E-state index contributed by atoms with van der Waals surface area (Å²) >= 11 is 0. The van der Waals surface area contributed by atoms with Crippen LogP contribution in [0.15, 0.2) is 22.7 Å². The number of carbonyl (C=O) groups excluding carboxylic acids is 2. The summed E-state index contributed by atoms with van der Waals surface area (Å²) in [6, 6.07) is 4.47. The van der Waals surface area contributed by atoms with Crippen molar-refractivity contribution in [2.75, 3.05) is 26.2 Å². The van der Waals surface area contributed by atoms with Gasteiger partial charge in [0, 0.05) is 56.4 Å². The number of halogens is 1. The molecule has 144 valence electrons. The zero-order valence-electron chi connectivity index (χ0n) is 15.3. The molecule has 0 unspecified atom stereocenters. The number of piperidine rings is 1. The van der Waals surface area contributed by atoms with Crippen molar-refractivity contribution < 1.29 is 18.5 Å². The van der Waals surface area contributed by atoms with E-state index in [9.17, 15) is 14.0 Å². The van der Waals surface area contributed by atoms with Crippen LogP contribution >= 0.6 is 0 Å². The van der Waals surface area contributed by atoms with Gasteiger partial charge in [-0.2, -0.15) is 0 Å². The van der Waals surface area contributed by atoms with Crippen LogP contribution in [0.5, 0.6) is 0 Å². The molecule has 1 aromatic carbocycles. The number of hydrogen-bond donors (Lipinski definition) is 0. The summed E-state index contributed by atoms with van der Waals surface area (Å²) < 4.78 is 18.6.